The highest BCUT2D eigenvalue weighted by Gasteiger charge is 2.17. The minimum absolute atomic E-state index is 0.174. The van der Waals surface area contributed by atoms with Gasteiger partial charge in [0.1, 0.15) is 0 Å². The fourth-order valence-electron chi connectivity index (χ4n) is 2.38. The van der Waals surface area contributed by atoms with E-state index in [0.717, 1.165) is 24.4 Å². The van der Waals surface area contributed by atoms with Crippen LogP contribution in [0.2, 0.25) is 0 Å². The first-order valence-corrected chi connectivity index (χ1v) is 6.78. The standard InChI is InChI=1S/C15H22N4/c1-5-7-16-15(14-6-8-17-19(14)4)13-9-11(2)18-12(3)10-13/h6,8-10,15-16H,5,7H2,1-4H3. The fraction of sp³-hybridized carbons (Fsp3) is 0.467. The van der Waals surface area contributed by atoms with Gasteiger partial charge in [-0.15, -0.1) is 0 Å². The fourth-order valence-corrected chi connectivity index (χ4v) is 2.38. The van der Waals surface area contributed by atoms with Crippen molar-refractivity contribution in [3.05, 3.63) is 47.0 Å². The van der Waals surface area contributed by atoms with Gasteiger partial charge in [0.2, 0.25) is 0 Å². The van der Waals surface area contributed by atoms with Crippen molar-refractivity contribution in [2.45, 2.75) is 33.2 Å². The molecule has 0 fully saturated rings. The van der Waals surface area contributed by atoms with Gasteiger partial charge in [-0.25, -0.2) is 0 Å². The van der Waals surface area contributed by atoms with Crippen LogP contribution in [0.15, 0.2) is 24.4 Å². The smallest absolute Gasteiger partial charge is 0.0749 e. The van der Waals surface area contributed by atoms with Crippen molar-refractivity contribution in [2.24, 2.45) is 7.05 Å². The van der Waals surface area contributed by atoms with Crippen molar-refractivity contribution >= 4 is 0 Å². The topological polar surface area (TPSA) is 42.7 Å². The van der Waals surface area contributed by atoms with E-state index in [9.17, 15) is 0 Å². The van der Waals surface area contributed by atoms with Crippen LogP contribution in [-0.4, -0.2) is 21.3 Å². The maximum atomic E-state index is 4.45. The van der Waals surface area contributed by atoms with Crippen molar-refractivity contribution in [1.29, 1.82) is 0 Å². The lowest BCUT2D eigenvalue weighted by Gasteiger charge is -2.20. The molecule has 102 valence electrons. The normalized spacial score (nSPS) is 12.6. The molecule has 1 atom stereocenters. The molecule has 0 amide bonds. The Labute approximate surface area is 114 Å². The van der Waals surface area contributed by atoms with Crippen LogP contribution in [0.5, 0.6) is 0 Å². The zero-order chi connectivity index (χ0) is 13.8. The van der Waals surface area contributed by atoms with Gasteiger partial charge < -0.3 is 5.32 Å². The van der Waals surface area contributed by atoms with Gasteiger partial charge in [-0.2, -0.15) is 5.10 Å². The van der Waals surface area contributed by atoms with E-state index in [1.165, 1.54) is 11.3 Å². The highest BCUT2D eigenvalue weighted by Crippen LogP contribution is 2.22. The third-order valence-corrected chi connectivity index (χ3v) is 3.19. The number of nitrogens with one attached hydrogen (secondary N) is 1. The Hall–Kier alpha value is -1.68. The van der Waals surface area contributed by atoms with Crippen LogP contribution in [-0.2, 0) is 7.05 Å². The molecule has 0 aliphatic carbocycles. The molecule has 0 aliphatic heterocycles. The van der Waals surface area contributed by atoms with Gasteiger partial charge in [-0.3, -0.25) is 9.67 Å². The molecular formula is C15H22N4. The third kappa shape index (κ3) is 3.20. The average molecular weight is 258 g/mol. The Morgan fingerprint density at radius 1 is 1.26 bits per heavy atom. The summed E-state index contributed by atoms with van der Waals surface area (Å²) in [5, 5.41) is 7.87. The molecule has 1 N–H and O–H groups in total. The lowest BCUT2D eigenvalue weighted by Crippen LogP contribution is -2.25. The van der Waals surface area contributed by atoms with Gasteiger partial charge in [0.05, 0.1) is 11.7 Å². The average Bonchev–Trinajstić information content (AvgIpc) is 2.75. The van der Waals surface area contributed by atoms with E-state index in [1.807, 2.05) is 31.8 Å². The monoisotopic (exact) mass is 258 g/mol. The molecule has 0 bridgehead atoms. The summed E-state index contributed by atoms with van der Waals surface area (Å²) >= 11 is 0. The molecule has 0 aromatic carbocycles. The Balaban J connectivity index is 2.39. The van der Waals surface area contributed by atoms with Crippen molar-refractivity contribution < 1.29 is 0 Å². The predicted octanol–water partition coefficient (Wildman–Crippen LogP) is 2.52. The van der Waals surface area contributed by atoms with Crippen LogP contribution < -0.4 is 5.32 Å². The first-order chi connectivity index (χ1) is 9.11. The molecule has 2 heterocycles. The zero-order valence-electron chi connectivity index (χ0n) is 12.1. The number of rotatable bonds is 5. The predicted molar refractivity (Wildman–Crippen MR) is 77.1 cm³/mol. The summed E-state index contributed by atoms with van der Waals surface area (Å²) in [6.45, 7) is 7.24. The minimum Gasteiger partial charge on any atom is -0.305 e. The summed E-state index contributed by atoms with van der Waals surface area (Å²) in [4.78, 5) is 4.45. The molecule has 0 saturated carbocycles. The Morgan fingerprint density at radius 3 is 2.47 bits per heavy atom. The van der Waals surface area contributed by atoms with E-state index < -0.39 is 0 Å². The molecular weight excluding hydrogens is 236 g/mol. The van der Waals surface area contributed by atoms with Crippen LogP contribution in [0.25, 0.3) is 0 Å². The van der Waals surface area contributed by atoms with Gasteiger partial charge in [0, 0.05) is 24.6 Å². The molecule has 2 rings (SSSR count). The van der Waals surface area contributed by atoms with Crippen molar-refractivity contribution in [3.63, 3.8) is 0 Å². The quantitative estimate of drug-likeness (QED) is 0.896. The van der Waals surface area contributed by atoms with Crippen LogP contribution in [0, 0.1) is 13.8 Å². The lowest BCUT2D eigenvalue weighted by atomic mass is 10.0. The largest absolute Gasteiger partial charge is 0.305 e. The molecule has 4 nitrogen and oxygen atoms in total. The summed E-state index contributed by atoms with van der Waals surface area (Å²) in [7, 11) is 1.98. The Morgan fingerprint density at radius 2 is 1.95 bits per heavy atom. The maximum Gasteiger partial charge on any atom is 0.0749 e. The molecule has 4 heteroatoms. The van der Waals surface area contributed by atoms with E-state index >= 15 is 0 Å². The summed E-state index contributed by atoms with van der Waals surface area (Å²) in [6, 6.07) is 6.53. The van der Waals surface area contributed by atoms with Crippen LogP contribution in [0.1, 0.15) is 42.0 Å². The highest BCUT2D eigenvalue weighted by atomic mass is 15.3. The van der Waals surface area contributed by atoms with Gasteiger partial charge in [0.15, 0.2) is 0 Å². The van der Waals surface area contributed by atoms with Gasteiger partial charge in [-0.1, -0.05) is 6.92 Å². The minimum atomic E-state index is 0.174. The van der Waals surface area contributed by atoms with Crippen molar-refractivity contribution in [3.8, 4) is 0 Å². The second-order valence-electron chi connectivity index (χ2n) is 4.95. The molecule has 0 spiro atoms. The van der Waals surface area contributed by atoms with Gasteiger partial charge in [0.25, 0.3) is 0 Å². The first kappa shape index (κ1) is 13.7. The number of aromatic nitrogens is 3. The molecule has 0 aliphatic rings. The van der Waals surface area contributed by atoms with E-state index in [0.29, 0.717) is 0 Å². The number of nitrogens with zero attached hydrogens (tertiary/aromatic N) is 3. The molecule has 2 aromatic rings. The SMILES string of the molecule is CCCNC(c1cc(C)nc(C)c1)c1ccnn1C. The van der Waals surface area contributed by atoms with E-state index in [4.69, 9.17) is 0 Å². The van der Waals surface area contributed by atoms with Crippen molar-refractivity contribution in [2.75, 3.05) is 6.54 Å². The number of pyridine rings is 1. The second-order valence-corrected chi connectivity index (χ2v) is 4.95. The molecule has 0 saturated heterocycles. The summed E-state index contributed by atoms with van der Waals surface area (Å²) < 4.78 is 1.93. The summed E-state index contributed by atoms with van der Waals surface area (Å²) in [6.07, 6.45) is 2.95. The molecule has 1 unspecified atom stereocenters. The van der Waals surface area contributed by atoms with E-state index in [2.05, 4.69) is 40.5 Å². The van der Waals surface area contributed by atoms with Crippen LogP contribution in [0.4, 0.5) is 0 Å². The zero-order valence-corrected chi connectivity index (χ0v) is 12.1. The lowest BCUT2D eigenvalue weighted by molar-refractivity contribution is 0.552. The van der Waals surface area contributed by atoms with Crippen LogP contribution >= 0.6 is 0 Å². The summed E-state index contributed by atoms with van der Waals surface area (Å²) in [5.74, 6) is 0. The van der Waals surface area contributed by atoms with Crippen molar-refractivity contribution in [1.82, 2.24) is 20.1 Å². The Bertz CT molecular complexity index is 525. The Kier molecular flexibility index (Phi) is 4.32. The molecule has 2 aromatic heterocycles. The maximum absolute atomic E-state index is 4.45. The van der Waals surface area contributed by atoms with E-state index in [-0.39, 0.29) is 6.04 Å². The van der Waals surface area contributed by atoms with Gasteiger partial charge >= 0.3 is 0 Å². The molecule has 0 radical (unpaired) electrons. The number of aryl methyl sites for hydroxylation is 3. The third-order valence-electron chi connectivity index (χ3n) is 3.19. The second kappa shape index (κ2) is 5.97. The highest BCUT2D eigenvalue weighted by molar-refractivity contribution is 5.30. The number of hydrogen-bond acceptors (Lipinski definition) is 3. The van der Waals surface area contributed by atoms with Gasteiger partial charge in [-0.05, 0) is 50.6 Å². The van der Waals surface area contributed by atoms with Crippen LogP contribution in [0.3, 0.4) is 0 Å². The van der Waals surface area contributed by atoms with E-state index in [1.54, 1.807) is 0 Å². The first-order valence-electron chi connectivity index (χ1n) is 6.78. The number of hydrogen-bond donors (Lipinski definition) is 1. The summed E-state index contributed by atoms with van der Waals surface area (Å²) in [5.41, 5.74) is 4.54. The molecule has 19 heavy (non-hydrogen) atoms.